The highest BCUT2D eigenvalue weighted by Crippen LogP contribution is 2.37. The van der Waals surface area contributed by atoms with Gasteiger partial charge in [0.05, 0.1) is 32.6 Å². The van der Waals surface area contributed by atoms with Crippen LogP contribution in [0.25, 0.3) is 0 Å². The highest BCUT2D eigenvalue weighted by molar-refractivity contribution is 7.15. The van der Waals surface area contributed by atoms with E-state index >= 15 is 0 Å². The van der Waals surface area contributed by atoms with Crippen molar-refractivity contribution in [3.8, 4) is 5.75 Å². The third kappa shape index (κ3) is 6.77. The minimum absolute atomic E-state index is 0.0427. The van der Waals surface area contributed by atoms with Crippen LogP contribution in [0.5, 0.6) is 5.75 Å². The fourth-order valence-corrected chi connectivity index (χ4v) is 6.97. The van der Waals surface area contributed by atoms with Gasteiger partial charge in [0, 0.05) is 43.2 Å². The summed E-state index contributed by atoms with van der Waals surface area (Å²) in [5.41, 5.74) is 7.96. The molecule has 1 saturated carbocycles. The van der Waals surface area contributed by atoms with E-state index < -0.39 is 0 Å². The number of carbonyl (C=O) groups is 1. The van der Waals surface area contributed by atoms with E-state index in [4.69, 9.17) is 56.9 Å². The second-order valence-electron chi connectivity index (χ2n) is 10.2. The molecule has 1 amide bonds. The van der Waals surface area contributed by atoms with Crippen molar-refractivity contribution in [1.29, 1.82) is 0 Å². The molecule has 2 atom stereocenters. The van der Waals surface area contributed by atoms with Gasteiger partial charge in [-0.2, -0.15) is 0 Å². The van der Waals surface area contributed by atoms with Gasteiger partial charge in [0.25, 0.3) is 0 Å². The Morgan fingerprint density at radius 2 is 1.92 bits per heavy atom. The Morgan fingerprint density at radius 1 is 1.18 bits per heavy atom. The van der Waals surface area contributed by atoms with Crippen molar-refractivity contribution >= 4 is 68.8 Å². The summed E-state index contributed by atoms with van der Waals surface area (Å²) in [6, 6.07) is 9.45. The lowest BCUT2D eigenvalue weighted by Crippen LogP contribution is -2.41. The standard InChI is InChI=1S/C28H30Cl4N4O2S/c1-16-9-23(30)26(24(31)10-16)38-20-7-8-35(15-20)28-34-13-21(39-28)11-18(12-33)27(37)36(19-5-6-19)14-17-3-2-4-22(29)25(17)32/h2-4,9-10,13,18-20H,5-8,11-12,14-15,33H2,1H3/t18-,20-/m1/s1. The fraction of sp³-hybridized carbons (Fsp3) is 0.429. The predicted octanol–water partition coefficient (Wildman–Crippen LogP) is 7.03. The fourth-order valence-electron chi connectivity index (χ4n) is 4.88. The first kappa shape index (κ1) is 28.8. The molecule has 2 N–H and O–H groups in total. The molecule has 2 aromatic carbocycles. The smallest absolute Gasteiger partial charge is 0.227 e. The number of hydrogen-bond donors (Lipinski definition) is 1. The van der Waals surface area contributed by atoms with E-state index in [1.807, 2.05) is 42.3 Å². The summed E-state index contributed by atoms with van der Waals surface area (Å²) in [5, 5.41) is 2.93. The van der Waals surface area contributed by atoms with Crippen LogP contribution >= 0.6 is 57.7 Å². The zero-order valence-corrected chi connectivity index (χ0v) is 25.3. The van der Waals surface area contributed by atoms with Crippen molar-refractivity contribution < 1.29 is 9.53 Å². The SMILES string of the molecule is Cc1cc(Cl)c(O[C@@H]2CCN(c3ncc(C[C@H](CN)C(=O)N(Cc4cccc(Cl)c4Cl)C4CC4)s3)C2)c(Cl)c1. The minimum Gasteiger partial charge on any atom is -0.485 e. The maximum atomic E-state index is 13.6. The lowest BCUT2D eigenvalue weighted by atomic mass is 10.0. The van der Waals surface area contributed by atoms with Crippen LogP contribution in [0.3, 0.4) is 0 Å². The number of aromatic nitrogens is 1. The van der Waals surface area contributed by atoms with Crippen molar-refractivity contribution in [1.82, 2.24) is 9.88 Å². The molecule has 1 aliphatic heterocycles. The summed E-state index contributed by atoms with van der Waals surface area (Å²) in [7, 11) is 0. The third-order valence-electron chi connectivity index (χ3n) is 7.11. The Hall–Kier alpha value is -1.74. The average molecular weight is 628 g/mol. The average Bonchev–Trinajstić information content (AvgIpc) is 3.44. The monoisotopic (exact) mass is 626 g/mol. The van der Waals surface area contributed by atoms with Gasteiger partial charge in [-0.1, -0.05) is 58.5 Å². The zero-order valence-electron chi connectivity index (χ0n) is 21.5. The largest absolute Gasteiger partial charge is 0.485 e. The van der Waals surface area contributed by atoms with E-state index in [1.165, 1.54) is 0 Å². The third-order valence-corrected chi connectivity index (χ3v) is 9.61. The van der Waals surface area contributed by atoms with Gasteiger partial charge in [0.15, 0.2) is 10.9 Å². The van der Waals surface area contributed by atoms with Gasteiger partial charge in [-0.15, -0.1) is 11.3 Å². The maximum Gasteiger partial charge on any atom is 0.227 e. The molecule has 2 aliphatic rings. The number of nitrogens with two attached hydrogens (primary N) is 1. The van der Waals surface area contributed by atoms with Gasteiger partial charge in [0.1, 0.15) is 6.10 Å². The van der Waals surface area contributed by atoms with Crippen LogP contribution in [-0.2, 0) is 17.8 Å². The van der Waals surface area contributed by atoms with E-state index in [1.54, 1.807) is 17.4 Å². The van der Waals surface area contributed by atoms with Crippen LogP contribution < -0.4 is 15.4 Å². The molecular formula is C28H30Cl4N4O2S. The first-order valence-corrected chi connectivity index (χ1v) is 15.3. The van der Waals surface area contributed by atoms with E-state index in [2.05, 4.69) is 9.88 Å². The lowest BCUT2D eigenvalue weighted by Gasteiger charge is -2.27. The number of benzene rings is 2. The normalized spacial score (nSPS) is 17.9. The molecule has 0 bridgehead atoms. The first-order valence-electron chi connectivity index (χ1n) is 13.0. The van der Waals surface area contributed by atoms with Crippen molar-refractivity contribution in [3.63, 3.8) is 0 Å². The van der Waals surface area contributed by atoms with Crippen LogP contribution in [0.1, 0.15) is 35.3 Å². The Bertz CT molecular complexity index is 1330. The lowest BCUT2D eigenvalue weighted by molar-refractivity contribution is -0.136. The summed E-state index contributed by atoms with van der Waals surface area (Å²) in [6.45, 7) is 4.13. The van der Waals surface area contributed by atoms with Crippen LogP contribution in [0.2, 0.25) is 20.1 Å². The molecule has 5 rings (SSSR count). The summed E-state index contributed by atoms with van der Waals surface area (Å²) in [5.74, 6) is 0.240. The number of rotatable bonds is 10. The molecule has 1 aromatic heterocycles. The molecule has 2 heterocycles. The highest BCUT2D eigenvalue weighted by atomic mass is 35.5. The number of thiazole rings is 1. The van der Waals surface area contributed by atoms with E-state index in [9.17, 15) is 4.79 Å². The second kappa shape index (κ2) is 12.4. The molecular weight excluding hydrogens is 598 g/mol. The van der Waals surface area contributed by atoms with Crippen LogP contribution in [0, 0.1) is 12.8 Å². The molecule has 0 spiro atoms. The summed E-state index contributed by atoms with van der Waals surface area (Å²) < 4.78 is 6.17. The van der Waals surface area contributed by atoms with Gasteiger partial charge < -0.3 is 20.3 Å². The number of anilines is 1. The number of ether oxygens (including phenoxy) is 1. The topological polar surface area (TPSA) is 71.7 Å². The molecule has 3 aromatic rings. The van der Waals surface area contributed by atoms with Gasteiger partial charge in [0.2, 0.25) is 5.91 Å². The Labute approximate surface area is 252 Å². The summed E-state index contributed by atoms with van der Waals surface area (Å²) in [4.78, 5) is 23.4. The number of aryl methyl sites for hydroxylation is 1. The molecule has 0 unspecified atom stereocenters. The van der Waals surface area contributed by atoms with Gasteiger partial charge in [-0.3, -0.25) is 4.79 Å². The van der Waals surface area contributed by atoms with Gasteiger partial charge in [-0.25, -0.2) is 4.98 Å². The summed E-state index contributed by atoms with van der Waals surface area (Å²) >= 11 is 27.0. The van der Waals surface area contributed by atoms with E-state index in [-0.39, 0.29) is 30.5 Å². The minimum atomic E-state index is -0.336. The molecule has 39 heavy (non-hydrogen) atoms. The Balaban J connectivity index is 1.22. The van der Waals surface area contributed by atoms with Crippen LogP contribution in [-0.4, -0.2) is 47.6 Å². The predicted molar refractivity (Wildman–Crippen MR) is 161 cm³/mol. The molecule has 1 saturated heterocycles. The second-order valence-corrected chi connectivity index (χ2v) is 12.9. The Kier molecular flexibility index (Phi) is 9.16. The molecule has 1 aliphatic carbocycles. The molecule has 11 heteroatoms. The maximum absolute atomic E-state index is 13.6. The number of hydrogen-bond acceptors (Lipinski definition) is 6. The quantitative estimate of drug-likeness (QED) is 0.261. The van der Waals surface area contributed by atoms with Crippen molar-refractivity contribution in [2.45, 2.75) is 51.3 Å². The number of halogens is 4. The number of carbonyl (C=O) groups excluding carboxylic acids is 1. The highest BCUT2D eigenvalue weighted by Gasteiger charge is 2.36. The van der Waals surface area contributed by atoms with Crippen molar-refractivity contribution in [2.24, 2.45) is 11.7 Å². The molecule has 0 radical (unpaired) electrons. The zero-order chi connectivity index (χ0) is 27.7. The molecule has 208 valence electrons. The van der Waals surface area contributed by atoms with Crippen LogP contribution in [0.15, 0.2) is 36.5 Å². The van der Waals surface area contributed by atoms with Crippen molar-refractivity contribution in [2.75, 3.05) is 24.5 Å². The van der Waals surface area contributed by atoms with E-state index in [0.717, 1.165) is 46.9 Å². The molecule has 6 nitrogen and oxygen atoms in total. The number of nitrogens with zero attached hydrogens (tertiary/aromatic N) is 3. The molecule has 2 fully saturated rings. The van der Waals surface area contributed by atoms with Gasteiger partial charge >= 0.3 is 0 Å². The number of amides is 1. The van der Waals surface area contributed by atoms with Crippen LogP contribution in [0.4, 0.5) is 5.13 Å². The van der Waals surface area contributed by atoms with Gasteiger partial charge in [-0.05, 0) is 55.5 Å². The summed E-state index contributed by atoms with van der Waals surface area (Å²) in [6.07, 6.45) is 5.17. The Morgan fingerprint density at radius 3 is 2.62 bits per heavy atom. The first-order chi connectivity index (χ1) is 18.7. The van der Waals surface area contributed by atoms with E-state index in [0.29, 0.717) is 45.4 Å². The van der Waals surface area contributed by atoms with Crippen molar-refractivity contribution in [3.05, 3.63) is 72.6 Å².